The van der Waals surface area contributed by atoms with Gasteiger partial charge in [-0.25, -0.2) is 9.78 Å². The number of anilines is 1. The highest BCUT2D eigenvalue weighted by atomic mass is 32.1. The van der Waals surface area contributed by atoms with E-state index in [1.807, 2.05) is 12.3 Å². The monoisotopic (exact) mass is 307 g/mol. The van der Waals surface area contributed by atoms with E-state index < -0.39 is 10.9 Å². The van der Waals surface area contributed by atoms with Gasteiger partial charge in [0.05, 0.1) is 21.2 Å². The van der Waals surface area contributed by atoms with Crippen molar-refractivity contribution in [3.63, 3.8) is 0 Å². The molecule has 0 bridgehead atoms. The lowest BCUT2D eigenvalue weighted by molar-refractivity contribution is -0.384. The average molecular weight is 307 g/mol. The Morgan fingerprint density at radius 2 is 2.29 bits per heavy atom. The second-order valence-electron chi connectivity index (χ2n) is 4.35. The molecule has 0 spiro atoms. The molecule has 7 nitrogen and oxygen atoms in total. The molecule has 0 saturated carbocycles. The van der Waals surface area contributed by atoms with Crippen LogP contribution in [-0.2, 0) is 6.42 Å². The molecule has 1 aromatic heterocycles. The summed E-state index contributed by atoms with van der Waals surface area (Å²) in [5, 5.41) is 25.6. The first-order valence-corrected chi connectivity index (χ1v) is 7.02. The Kier molecular flexibility index (Phi) is 4.49. The summed E-state index contributed by atoms with van der Waals surface area (Å²) in [4.78, 5) is 25.6. The van der Waals surface area contributed by atoms with Crippen LogP contribution in [0.1, 0.15) is 21.1 Å². The topological polar surface area (TPSA) is 105 Å². The number of nitrogens with one attached hydrogen (secondary N) is 1. The summed E-state index contributed by atoms with van der Waals surface area (Å²) in [6, 6.07) is 3.64. The standard InChI is InChI=1S/C13H13N3O4S/c1-8-7-21-12(15-8)4-5-14-11-6-9(16(19)20)2-3-10(11)13(17)18/h2-3,6-7,14H,4-5H2,1H3,(H,17,18). The van der Waals surface area contributed by atoms with Crippen molar-refractivity contribution in [3.8, 4) is 0 Å². The first kappa shape index (κ1) is 14.9. The quantitative estimate of drug-likeness (QED) is 0.628. The summed E-state index contributed by atoms with van der Waals surface area (Å²) in [7, 11) is 0. The van der Waals surface area contributed by atoms with Crippen molar-refractivity contribution >= 4 is 28.7 Å². The number of carboxylic acids is 1. The highest BCUT2D eigenvalue weighted by Gasteiger charge is 2.15. The van der Waals surface area contributed by atoms with Gasteiger partial charge in [0, 0.05) is 36.2 Å². The number of nitro groups is 1. The van der Waals surface area contributed by atoms with Crippen LogP contribution >= 0.6 is 11.3 Å². The average Bonchev–Trinajstić information content (AvgIpc) is 2.84. The maximum absolute atomic E-state index is 11.1. The zero-order chi connectivity index (χ0) is 15.4. The predicted octanol–water partition coefficient (Wildman–Crippen LogP) is 2.71. The molecule has 1 aromatic carbocycles. The highest BCUT2D eigenvalue weighted by molar-refractivity contribution is 7.09. The molecule has 0 radical (unpaired) electrons. The van der Waals surface area contributed by atoms with E-state index in [-0.39, 0.29) is 16.9 Å². The van der Waals surface area contributed by atoms with Gasteiger partial charge < -0.3 is 10.4 Å². The van der Waals surface area contributed by atoms with Gasteiger partial charge >= 0.3 is 5.97 Å². The largest absolute Gasteiger partial charge is 0.478 e. The molecule has 1 heterocycles. The highest BCUT2D eigenvalue weighted by Crippen LogP contribution is 2.23. The van der Waals surface area contributed by atoms with E-state index in [1.54, 1.807) is 0 Å². The van der Waals surface area contributed by atoms with Crippen molar-refractivity contribution in [2.75, 3.05) is 11.9 Å². The summed E-state index contributed by atoms with van der Waals surface area (Å²) < 4.78 is 0. The zero-order valence-corrected chi connectivity index (χ0v) is 12.0. The molecule has 2 rings (SSSR count). The molecular weight excluding hydrogens is 294 g/mol. The van der Waals surface area contributed by atoms with Gasteiger partial charge in [0.15, 0.2) is 0 Å². The predicted molar refractivity (Wildman–Crippen MR) is 79.1 cm³/mol. The fourth-order valence-electron chi connectivity index (χ4n) is 1.80. The molecule has 2 aromatic rings. The third-order valence-electron chi connectivity index (χ3n) is 2.77. The number of benzene rings is 1. The van der Waals surface area contributed by atoms with Gasteiger partial charge in [0.25, 0.3) is 5.69 Å². The molecule has 110 valence electrons. The number of carboxylic acid groups (broad SMARTS) is 1. The maximum atomic E-state index is 11.1. The molecular formula is C13H13N3O4S. The number of thiazole rings is 1. The summed E-state index contributed by atoms with van der Waals surface area (Å²) >= 11 is 1.53. The summed E-state index contributed by atoms with van der Waals surface area (Å²) in [5.41, 5.74) is 1.05. The van der Waals surface area contributed by atoms with Gasteiger partial charge in [-0.15, -0.1) is 11.3 Å². The number of aryl methyl sites for hydroxylation is 1. The third-order valence-corrected chi connectivity index (χ3v) is 3.79. The van der Waals surface area contributed by atoms with Gasteiger partial charge in [0.2, 0.25) is 0 Å². The number of hydrogen-bond acceptors (Lipinski definition) is 6. The molecule has 0 unspecified atom stereocenters. The van der Waals surface area contributed by atoms with Crippen LogP contribution in [0.25, 0.3) is 0 Å². The van der Waals surface area contributed by atoms with Gasteiger partial charge in [-0.1, -0.05) is 0 Å². The van der Waals surface area contributed by atoms with Gasteiger partial charge in [0.1, 0.15) is 0 Å². The molecule has 21 heavy (non-hydrogen) atoms. The Balaban J connectivity index is 2.11. The van der Waals surface area contributed by atoms with Crippen LogP contribution in [0.5, 0.6) is 0 Å². The van der Waals surface area contributed by atoms with Gasteiger partial charge in [-0.3, -0.25) is 10.1 Å². The van der Waals surface area contributed by atoms with Crippen molar-refractivity contribution in [1.29, 1.82) is 0 Å². The van der Waals surface area contributed by atoms with Crippen LogP contribution in [0.3, 0.4) is 0 Å². The molecule has 0 aliphatic carbocycles. The number of hydrogen-bond donors (Lipinski definition) is 2. The maximum Gasteiger partial charge on any atom is 0.337 e. The van der Waals surface area contributed by atoms with E-state index in [1.165, 1.54) is 29.5 Å². The smallest absolute Gasteiger partial charge is 0.337 e. The number of rotatable bonds is 6. The molecule has 0 atom stereocenters. The van der Waals surface area contributed by atoms with Gasteiger partial charge in [-0.2, -0.15) is 0 Å². The lowest BCUT2D eigenvalue weighted by Crippen LogP contribution is -2.10. The molecule has 0 aliphatic heterocycles. The van der Waals surface area contributed by atoms with Crippen molar-refractivity contribution in [2.24, 2.45) is 0 Å². The number of nitro benzene ring substituents is 1. The molecule has 0 amide bonds. The van der Waals surface area contributed by atoms with E-state index in [9.17, 15) is 14.9 Å². The number of aromatic carboxylic acids is 1. The number of non-ortho nitro benzene ring substituents is 1. The second kappa shape index (κ2) is 6.31. The van der Waals surface area contributed by atoms with Crippen molar-refractivity contribution in [1.82, 2.24) is 4.98 Å². The Bertz CT molecular complexity index is 684. The minimum Gasteiger partial charge on any atom is -0.478 e. The molecule has 0 fully saturated rings. The number of carbonyl (C=O) groups is 1. The molecule has 0 aliphatic rings. The third kappa shape index (κ3) is 3.76. The van der Waals surface area contributed by atoms with Crippen LogP contribution in [0.2, 0.25) is 0 Å². The lowest BCUT2D eigenvalue weighted by atomic mass is 10.1. The first-order valence-electron chi connectivity index (χ1n) is 6.14. The van der Waals surface area contributed by atoms with Crippen molar-refractivity contribution in [2.45, 2.75) is 13.3 Å². The Morgan fingerprint density at radius 1 is 1.52 bits per heavy atom. The van der Waals surface area contributed by atoms with E-state index in [0.29, 0.717) is 13.0 Å². The molecule has 2 N–H and O–H groups in total. The minimum atomic E-state index is -1.13. The SMILES string of the molecule is Cc1csc(CCNc2cc([N+](=O)[O-])ccc2C(=O)O)n1. The Hall–Kier alpha value is -2.48. The molecule has 0 saturated heterocycles. The fraction of sp³-hybridized carbons (Fsp3) is 0.231. The van der Waals surface area contributed by atoms with Crippen LogP contribution in [0.4, 0.5) is 11.4 Å². The lowest BCUT2D eigenvalue weighted by Gasteiger charge is -2.08. The minimum absolute atomic E-state index is 0.0101. The van der Waals surface area contributed by atoms with Crippen LogP contribution in [-0.4, -0.2) is 27.5 Å². The van der Waals surface area contributed by atoms with Crippen molar-refractivity contribution in [3.05, 3.63) is 50.0 Å². The fourth-order valence-corrected chi connectivity index (χ4v) is 2.58. The first-order chi connectivity index (χ1) is 9.97. The van der Waals surface area contributed by atoms with Crippen molar-refractivity contribution < 1.29 is 14.8 Å². The summed E-state index contributed by atoms with van der Waals surface area (Å²) in [5.74, 6) is -1.13. The Labute approximate surface area is 124 Å². The van der Waals surface area contributed by atoms with E-state index >= 15 is 0 Å². The summed E-state index contributed by atoms with van der Waals surface area (Å²) in [6.07, 6.45) is 0.625. The number of aromatic nitrogens is 1. The molecule has 8 heteroatoms. The Morgan fingerprint density at radius 3 is 2.86 bits per heavy atom. The second-order valence-corrected chi connectivity index (χ2v) is 5.29. The van der Waals surface area contributed by atoms with E-state index in [0.717, 1.165) is 10.7 Å². The summed E-state index contributed by atoms with van der Waals surface area (Å²) in [6.45, 7) is 2.35. The van der Waals surface area contributed by atoms with E-state index in [2.05, 4.69) is 10.3 Å². The number of nitrogens with zero attached hydrogens (tertiary/aromatic N) is 2. The normalized spacial score (nSPS) is 10.3. The van der Waals surface area contributed by atoms with Crippen LogP contribution in [0.15, 0.2) is 23.6 Å². The van der Waals surface area contributed by atoms with Crippen LogP contribution in [0, 0.1) is 17.0 Å². The van der Waals surface area contributed by atoms with E-state index in [4.69, 9.17) is 5.11 Å². The van der Waals surface area contributed by atoms with Gasteiger partial charge in [-0.05, 0) is 13.0 Å². The zero-order valence-electron chi connectivity index (χ0n) is 11.2. The van der Waals surface area contributed by atoms with Crippen LogP contribution < -0.4 is 5.32 Å².